The molecule has 28 heavy (non-hydrogen) atoms. The van der Waals surface area contributed by atoms with E-state index in [1.165, 1.54) is 0 Å². The Hall–Kier alpha value is -1.74. The molecule has 1 aliphatic carbocycles. The highest BCUT2D eigenvalue weighted by atomic mass is 35.5. The highest BCUT2D eigenvalue weighted by molar-refractivity contribution is 7.89. The first kappa shape index (κ1) is 21.0. The third-order valence-corrected chi connectivity index (χ3v) is 6.85. The molecular formula is C18H23Cl2N5O2S. The van der Waals surface area contributed by atoms with Crippen LogP contribution in [0.25, 0.3) is 0 Å². The van der Waals surface area contributed by atoms with Crippen LogP contribution in [-0.2, 0) is 30.2 Å². The van der Waals surface area contributed by atoms with E-state index in [2.05, 4.69) is 20.3 Å². The smallest absolute Gasteiger partial charge is 0.240 e. The summed E-state index contributed by atoms with van der Waals surface area (Å²) in [5.41, 5.74) is 1.87. The third-order valence-electron chi connectivity index (χ3n) is 4.47. The molecule has 3 N–H and O–H groups in total. The average molecular weight is 444 g/mol. The van der Waals surface area contributed by atoms with Crippen molar-refractivity contribution < 1.29 is 8.42 Å². The maximum absolute atomic E-state index is 12.2. The zero-order valence-electron chi connectivity index (χ0n) is 15.7. The molecule has 10 heteroatoms. The van der Waals surface area contributed by atoms with Crippen LogP contribution in [0.4, 0.5) is 0 Å². The van der Waals surface area contributed by atoms with Crippen molar-refractivity contribution in [3.8, 4) is 0 Å². The number of benzene rings is 1. The lowest BCUT2D eigenvalue weighted by Crippen LogP contribution is -2.36. The number of guanidine groups is 1. The maximum atomic E-state index is 12.2. The fourth-order valence-electron chi connectivity index (χ4n) is 2.61. The van der Waals surface area contributed by atoms with Crippen molar-refractivity contribution in [3.63, 3.8) is 0 Å². The molecule has 0 atom stereocenters. The van der Waals surface area contributed by atoms with Crippen molar-refractivity contribution in [3.05, 3.63) is 51.8 Å². The number of rotatable bonds is 7. The van der Waals surface area contributed by atoms with Gasteiger partial charge in [0.25, 0.3) is 0 Å². The highest BCUT2D eigenvalue weighted by Crippen LogP contribution is 2.25. The molecule has 1 aliphatic rings. The van der Waals surface area contributed by atoms with Crippen molar-refractivity contribution in [1.29, 1.82) is 0 Å². The predicted octanol–water partition coefficient (Wildman–Crippen LogP) is 2.64. The van der Waals surface area contributed by atoms with E-state index in [9.17, 15) is 8.42 Å². The Labute approximate surface area is 175 Å². The molecule has 0 spiro atoms. The van der Waals surface area contributed by atoms with Gasteiger partial charge in [0, 0.05) is 32.4 Å². The van der Waals surface area contributed by atoms with Crippen LogP contribution in [0.2, 0.25) is 10.2 Å². The third kappa shape index (κ3) is 5.20. The van der Waals surface area contributed by atoms with Crippen molar-refractivity contribution >= 4 is 39.2 Å². The van der Waals surface area contributed by atoms with E-state index < -0.39 is 10.0 Å². The maximum Gasteiger partial charge on any atom is 0.240 e. The summed E-state index contributed by atoms with van der Waals surface area (Å²) in [7, 11) is 0.0974. The Kier molecular flexibility index (Phi) is 6.54. The Morgan fingerprint density at radius 2 is 1.82 bits per heavy atom. The second-order valence-corrected chi connectivity index (χ2v) is 9.13. The van der Waals surface area contributed by atoms with Crippen molar-refractivity contribution in [2.24, 2.45) is 12.0 Å². The van der Waals surface area contributed by atoms with Gasteiger partial charge in [-0.1, -0.05) is 35.3 Å². The highest BCUT2D eigenvalue weighted by Gasteiger charge is 2.27. The van der Waals surface area contributed by atoms with Crippen molar-refractivity contribution in [1.82, 2.24) is 19.9 Å². The van der Waals surface area contributed by atoms with Crippen LogP contribution in [0.3, 0.4) is 0 Å². The molecule has 3 rings (SSSR count). The van der Waals surface area contributed by atoms with E-state index in [4.69, 9.17) is 23.2 Å². The number of hydrogen-bond acceptors (Lipinski definition) is 3. The first-order chi connectivity index (χ1) is 13.3. The van der Waals surface area contributed by atoms with Crippen LogP contribution in [-0.4, -0.2) is 32.0 Å². The first-order valence-electron chi connectivity index (χ1n) is 8.85. The summed E-state index contributed by atoms with van der Waals surface area (Å²) < 4.78 is 28.9. The Balaban J connectivity index is 1.54. The summed E-state index contributed by atoms with van der Waals surface area (Å²) in [6.45, 7) is 1.01. The summed E-state index contributed by atoms with van der Waals surface area (Å²) in [4.78, 5) is 4.47. The first-order valence-corrected chi connectivity index (χ1v) is 11.1. The molecule has 0 aliphatic heterocycles. The minimum Gasteiger partial charge on any atom is -0.352 e. The van der Waals surface area contributed by atoms with E-state index in [0.717, 1.165) is 24.1 Å². The molecule has 1 heterocycles. The average Bonchev–Trinajstić information content (AvgIpc) is 3.45. The number of aliphatic imine (C=N–C) groups is 1. The minimum absolute atomic E-state index is 0.0923. The van der Waals surface area contributed by atoms with Gasteiger partial charge < -0.3 is 15.2 Å². The van der Waals surface area contributed by atoms with Gasteiger partial charge in [-0.3, -0.25) is 4.99 Å². The van der Waals surface area contributed by atoms with Gasteiger partial charge in [-0.05, 0) is 36.6 Å². The predicted molar refractivity (Wildman–Crippen MR) is 112 cm³/mol. The van der Waals surface area contributed by atoms with E-state index in [1.54, 1.807) is 41.9 Å². The van der Waals surface area contributed by atoms with Crippen LogP contribution in [0.5, 0.6) is 0 Å². The Morgan fingerprint density at radius 3 is 2.36 bits per heavy atom. The van der Waals surface area contributed by atoms with Gasteiger partial charge >= 0.3 is 0 Å². The zero-order valence-corrected chi connectivity index (χ0v) is 18.0. The molecular weight excluding hydrogens is 421 g/mol. The summed E-state index contributed by atoms with van der Waals surface area (Å²) in [6.07, 6.45) is 1.82. The van der Waals surface area contributed by atoms with E-state index in [-0.39, 0.29) is 10.9 Å². The number of hydrogen-bond donors (Lipinski definition) is 3. The fourth-order valence-corrected chi connectivity index (χ4v) is 4.34. The number of aromatic nitrogens is 1. The molecule has 0 radical (unpaired) electrons. The summed E-state index contributed by atoms with van der Waals surface area (Å²) in [6, 6.07) is 8.71. The summed E-state index contributed by atoms with van der Waals surface area (Å²) >= 11 is 12.1. The molecule has 152 valence electrons. The Bertz CT molecular complexity index is 967. The van der Waals surface area contributed by atoms with E-state index in [1.807, 2.05) is 7.05 Å². The molecule has 1 fully saturated rings. The largest absolute Gasteiger partial charge is 0.352 e. The molecule has 1 aromatic heterocycles. The SMILES string of the molecule is CN=C(NCc1ccc(S(=O)(=O)NC2CC2)cc1)NCc1cc(Cl)c(Cl)n1C. The van der Waals surface area contributed by atoms with Crippen molar-refractivity contribution in [2.75, 3.05) is 7.05 Å². The zero-order chi connectivity index (χ0) is 20.3. The monoisotopic (exact) mass is 443 g/mol. The van der Waals surface area contributed by atoms with Gasteiger partial charge in [-0.15, -0.1) is 0 Å². The van der Waals surface area contributed by atoms with Gasteiger partial charge in [0.2, 0.25) is 10.0 Å². The quantitative estimate of drug-likeness (QED) is 0.453. The van der Waals surface area contributed by atoms with Gasteiger partial charge in [0.15, 0.2) is 5.96 Å². The molecule has 0 unspecified atom stereocenters. The van der Waals surface area contributed by atoms with E-state index >= 15 is 0 Å². The van der Waals surface area contributed by atoms with Gasteiger partial charge in [-0.2, -0.15) is 0 Å². The van der Waals surface area contributed by atoms with Gasteiger partial charge in [0.1, 0.15) is 5.15 Å². The number of nitrogens with one attached hydrogen (secondary N) is 3. The second-order valence-electron chi connectivity index (χ2n) is 6.65. The molecule has 7 nitrogen and oxygen atoms in total. The van der Waals surface area contributed by atoms with Crippen molar-refractivity contribution in [2.45, 2.75) is 36.9 Å². The molecule has 0 bridgehead atoms. The lowest BCUT2D eigenvalue weighted by molar-refractivity contribution is 0.581. The Morgan fingerprint density at radius 1 is 1.18 bits per heavy atom. The van der Waals surface area contributed by atoms with Crippen LogP contribution in [0.1, 0.15) is 24.1 Å². The summed E-state index contributed by atoms with van der Waals surface area (Å²) in [5.74, 6) is 0.612. The normalized spacial score (nSPS) is 14.9. The topological polar surface area (TPSA) is 87.5 Å². The standard InChI is InChI=1S/C18H23Cl2N5O2S/c1-21-18(23-11-14-9-16(19)17(20)25(14)2)22-10-12-3-7-15(8-4-12)28(26,27)24-13-5-6-13/h3-4,7-9,13,24H,5-6,10-11H2,1-2H3,(H2,21,22,23). The molecule has 2 aromatic rings. The number of sulfonamides is 1. The lowest BCUT2D eigenvalue weighted by Gasteiger charge is -2.13. The van der Waals surface area contributed by atoms with Gasteiger partial charge in [-0.25, -0.2) is 13.1 Å². The second kappa shape index (κ2) is 8.73. The molecule has 0 amide bonds. The van der Waals surface area contributed by atoms with Crippen LogP contribution < -0.4 is 15.4 Å². The minimum atomic E-state index is -3.43. The molecule has 1 saturated carbocycles. The van der Waals surface area contributed by atoms with Crippen LogP contribution in [0.15, 0.2) is 40.2 Å². The number of halogens is 2. The van der Waals surface area contributed by atoms with Crippen LogP contribution >= 0.6 is 23.2 Å². The fraction of sp³-hybridized carbons (Fsp3) is 0.389. The molecule has 1 aromatic carbocycles. The molecule has 0 saturated heterocycles. The number of nitrogens with zero attached hydrogens (tertiary/aromatic N) is 2. The van der Waals surface area contributed by atoms with Crippen LogP contribution in [0, 0.1) is 0 Å². The van der Waals surface area contributed by atoms with E-state index in [0.29, 0.717) is 29.2 Å². The van der Waals surface area contributed by atoms with Gasteiger partial charge in [0.05, 0.1) is 16.5 Å². The lowest BCUT2D eigenvalue weighted by atomic mass is 10.2. The summed E-state index contributed by atoms with van der Waals surface area (Å²) in [5, 5.41) is 7.39.